The highest BCUT2D eigenvalue weighted by Gasteiger charge is 2.39. The van der Waals surface area contributed by atoms with Crippen molar-refractivity contribution in [2.24, 2.45) is 0 Å². The first-order chi connectivity index (χ1) is 11.6. The average molecular weight is 334 g/mol. The summed E-state index contributed by atoms with van der Waals surface area (Å²) >= 11 is 0. The summed E-state index contributed by atoms with van der Waals surface area (Å²) in [5, 5.41) is 11.8. The zero-order valence-electron chi connectivity index (χ0n) is 13.5. The van der Waals surface area contributed by atoms with Crippen LogP contribution in [0.4, 0.5) is 4.79 Å². The number of amides is 2. The fourth-order valence-electron chi connectivity index (χ4n) is 3.12. The topological polar surface area (TPSA) is 88.1 Å². The van der Waals surface area contributed by atoms with Crippen LogP contribution in [0, 0.1) is 0 Å². The Bertz CT molecular complexity index is 590. The number of hydrogen-bond donors (Lipinski definition) is 2. The van der Waals surface area contributed by atoms with E-state index in [1.165, 1.54) is 12.1 Å². The summed E-state index contributed by atoms with van der Waals surface area (Å²) < 4.78 is 11.3. The van der Waals surface area contributed by atoms with E-state index in [4.69, 9.17) is 14.6 Å². The van der Waals surface area contributed by atoms with Gasteiger partial charge in [-0.3, -0.25) is 0 Å². The molecule has 0 atom stereocenters. The molecule has 2 amide bonds. The van der Waals surface area contributed by atoms with Gasteiger partial charge < -0.3 is 24.8 Å². The molecule has 0 aromatic heterocycles. The predicted molar refractivity (Wildman–Crippen MR) is 85.9 cm³/mol. The molecule has 2 fully saturated rings. The Balaban J connectivity index is 1.53. The Morgan fingerprint density at radius 3 is 2.54 bits per heavy atom. The van der Waals surface area contributed by atoms with E-state index in [1.807, 2.05) is 0 Å². The maximum absolute atomic E-state index is 12.4. The van der Waals surface area contributed by atoms with Gasteiger partial charge >= 0.3 is 12.0 Å². The highest BCUT2D eigenvalue weighted by molar-refractivity contribution is 5.87. The van der Waals surface area contributed by atoms with Gasteiger partial charge in [0.2, 0.25) is 0 Å². The number of carbonyl (C=O) groups excluding carboxylic acids is 1. The van der Waals surface area contributed by atoms with Gasteiger partial charge in [0.25, 0.3) is 0 Å². The summed E-state index contributed by atoms with van der Waals surface area (Å²) in [6.45, 7) is 3.41. The first kappa shape index (κ1) is 16.7. The van der Waals surface area contributed by atoms with E-state index >= 15 is 0 Å². The van der Waals surface area contributed by atoms with Crippen LogP contribution >= 0.6 is 0 Å². The van der Waals surface area contributed by atoms with E-state index in [0.717, 1.165) is 18.4 Å². The Labute approximate surface area is 140 Å². The van der Waals surface area contributed by atoms with Crippen molar-refractivity contribution in [3.63, 3.8) is 0 Å². The Morgan fingerprint density at radius 1 is 1.17 bits per heavy atom. The Morgan fingerprint density at radius 2 is 1.88 bits per heavy atom. The van der Waals surface area contributed by atoms with Crippen molar-refractivity contribution >= 4 is 12.0 Å². The monoisotopic (exact) mass is 334 g/mol. The molecule has 7 heteroatoms. The summed E-state index contributed by atoms with van der Waals surface area (Å²) in [7, 11) is 0. The molecule has 2 aliphatic heterocycles. The van der Waals surface area contributed by atoms with Crippen LogP contribution in [0.2, 0.25) is 0 Å². The van der Waals surface area contributed by atoms with Crippen LogP contribution in [-0.4, -0.2) is 60.5 Å². The lowest BCUT2D eigenvalue weighted by molar-refractivity contribution is -0.145. The molecule has 0 saturated carbocycles. The van der Waals surface area contributed by atoms with E-state index in [9.17, 15) is 9.59 Å². The van der Waals surface area contributed by atoms with Crippen LogP contribution in [0.15, 0.2) is 24.3 Å². The fraction of sp³-hybridized carbons (Fsp3) is 0.529. The first-order valence-electron chi connectivity index (χ1n) is 8.15. The molecule has 0 unspecified atom stereocenters. The van der Waals surface area contributed by atoms with Gasteiger partial charge in [-0.25, -0.2) is 9.59 Å². The molecule has 2 aliphatic rings. The van der Waals surface area contributed by atoms with Gasteiger partial charge in [0.15, 0.2) is 0 Å². The average Bonchev–Trinajstić information content (AvgIpc) is 2.60. The molecule has 24 heavy (non-hydrogen) atoms. The number of carboxylic acids is 1. The van der Waals surface area contributed by atoms with Crippen LogP contribution < -0.4 is 5.32 Å². The molecule has 0 radical (unpaired) electrons. The van der Waals surface area contributed by atoms with E-state index in [0.29, 0.717) is 39.5 Å². The normalized spacial score (nSPS) is 19.9. The molecular weight excluding hydrogens is 312 g/mol. The molecule has 2 N–H and O–H groups in total. The number of carbonyl (C=O) groups is 2. The van der Waals surface area contributed by atoms with Crippen molar-refractivity contribution in [1.29, 1.82) is 0 Å². The highest BCUT2D eigenvalue weighted by atomic mass is 16.5. The van der Waals surface area contributed by atoms with Crippen molar-refractivity contribution in [3.8, 4) is 0 Å². The number of aromatic carboxylic acids is 1. The number of nitrogens with one attached hydrogen (secondary N) is 1. The molecule has 0 bridgehead atoms. The minimum Gasteiger partial charge on any atom is -0.478 e. The van der Waals surface area contributed by atoms with Crippen molar-refractivity contribution < 1.29 is 24.2 Å². The second kappa shape index (κ2) is 7.19. The highest BCUT2D eigenvalue weighted by Crippen LogP contribution is 2.29. The molecule has 1 aromatic rings. The van der Waals surface area contributed by atoms with Crippen molar-refractivity contribution in [1.82, 2.24) is 10.2 Å². The molecular formula is C17H22N2O5. The SMILES string of the molecule is O=C(O)c1ccc(CNC(=O)N2CCOC3(CCOCC3)C2)cc1. The standard InChI is InChI=1S/C17H22N2O5/c20-15(21)14-3-1-13(2-4-14)11-18-16(22)19-7-10-24-17(12-19)5-8-23-9-6-17/h1-4H,5-12H2,(H,18,22)(H,20,21). The van der Waals surface area contributed by atoms with Crippen LogP contribution in [0.25, 0.3) is 0 Å². The zero-order valence-corrected chi connectivity index (χ0v) is 13.5. The lowest BCUT2D eigenvalue weighted by Gasteiger charge is -2.44. The number of morpholine rings is 1. The summed E-state index contributed by atoms with van der Waals surface area (Å²) in [6.07, 6.45) is 1.63. The molecule has 7 nitrogen and oxygen atoms in total. The number of nitrogens with zero attached hydrogens (tertiary/aromatic N) is 1. The third-order valence-electron chi connectivity index (χ3n) is 4.58. The van der Waals surface area contributed by atoms with Gasteiger partial charge in [0.05, 0.1) is 24.3 Å². The van der Waals surface area contributed by atoms with E-state index < -0.39 is 5.97 Å². The molecule has 3 rings (SSSR count). The van der Waals surface area contributed by atoms with Gasteiger partial charge in [-0.2, -0.15) is 0 Å². The van der Waals surface area contributed by atoms with E-state index in [1.54, 1.807) is 17.0 Å². The van der Waals surface area contributed by atoms with Crippen molar-refractivity contribution in [3.05, 3.63) is 35.4 Å². The first-order valence-corrected chi connectivity index (χ1v) is 8.15. The second-order valence-electron chi connectivity index (χ2n) is 6.23. The third kappa shape index (κ3) is 3.85. The third-order valence-corrected chi connectivity index (χ3v) is 4.58. The molecule has 1 spiro atoms. The second-order valence-corrected chi connectivity index (χ2v) is 6.23. The number of hydrogen-bond acceptors (Lipinski definition) is 4. The molecule has 2 heterocycles. The Hall–Kier alpha value is -2.12. The van der Waals surface area contributed by atoms with E-state index in [2.05, 4.69) is 5.32 Å². The Kier molecular flexibility index (Phi) is 5.01. The molecule has 1 aromatic carbocycles. The summed E-state index contributed by atoms with van der Waals surface area (Å²) in [6, 6.07) is 6.38. The maximum atomic E-state index is 12.4. The lowest BCUT2D eigenvalue weighted by atomic mass is 9.92. The number of carboxylic acid groups (broad SMARTS) is 1. The smallest absolute Gasteiger partial charge is 0.335 e. The van der Waals surface area contributed by atoms with Crippen molar-refractivity contribution in [2.75, 3.05) is 32.9 Å². The van der Waals surface area contributed by atoms with Gasteiger partial charge in [0.1, 0.15) is 0 Å². The predicted octanol–water partition coefficient (Wildman–Crippen LogP) is 1.48. The van der Waals surface area contributed by atoms with Crippen molar-refractivity contribution in [2.45, 2.75) is 25.0 Å². The van der Waals surface area contributed by atoms with Crippen LogP contribution in [0.3, 0.4) is 0 Å². The number of urea groups is 1. The van der Waals surface area contributed by atoms with Crippen LogP contribution in [0.5, 0.6) is 0 Å². The van der Waals surface area contributed by atoms with Gasteiger partial charge in [-0.15, -0.1) is 0 Å². The van der Waals surface area contributed by atoms with Gasteiger partial charge in [-0.1, -0.05) is 12.1 Å². The maximum Gasteiger partial charge on any atom is 0.335 e. The van der Waals surface area contributed by atoms with E-state index in [-0.39, 0.29) is 17.2 Å². The van der Waals surface area contributed by atoms with Gasteiger partial charge in [0, 0.05) is 39.1 Å². The number of benzene rings is 1. The largest absolute Gasteiger partial charge is 0.478 e. The quantitative estimate of drug-likeness (QED) is 0.874. The minimum atomic E-state index is -0.958. The molecule has 0 aliphatic carbocycles. The summed E-state index contributed by atoms with van der Waals surface area (Å²) in [4.78, 5) is 25.0. The number of ether oxygens (including phenoxy) is 2. The summed E-state index contributed by atoms with van der Waals surface area (Å²) in [5.41, 5.74) is 0.832. The fourth-order valence-corrected chi connectivity index (χ4v) is 3.12. The van der Waals surface area contributed by atoms with Crippen LogP contribution in [0.1, 0.15) is 28.8 Å². The van der Waals surface area contributed by atoms with Crippen LogP contribution in [-0.2, 0) is 16.0 Å². The molecule has 2 saturated heterocycles. The van der Waals surface area contributed by atoms with Gasteiger partial charge in [-0.05, 0) is 17.7 Å². The number of rotatable bonds is 3. The summed E-state index contributed by atoms with van der Waals surface area (Å²) in [5.74, 6) is -0.958. The molecule has 130 valence electrons. The zero-order chi connectivity index (χ0) is 17.0. The lowest BCUT2D eigenvalue weighted by Crippen LogP contribution is -2.57. The minimum absolute atomic E-state index is 0.119.